The van der Waals surface area contributed by atoms with Gasteiger partial charge in [-0.2, -0.15) is 0 Å². The average Bonchev–Trinajstić information content (AvgIpc) is 2.69. The Balaban J connectivity index is 0.000000208. The first-order valence-corrected chi connectivity index (χ1v) is 8.96. The molecule has 0 amide bonds. The zero-order valence-electron chi connectivity index (χ0n) is 15.8. The topological polar surface area (TPSA) is 87.6 Å². The minimum atomic E-state index is -0.445. The van der Waals surface area contributed by atoms with Gasteiger partial charge in [0.15, 0.2) is 0 Å². The number of nitro groups is 1. The number of nitro benzene ring substituents is 1. The molecule has 1 aliphatic rings. The van der Waals surface area contributed by atoms with Crippen LogP contribution in [0.2, 0.25) is 0 Å². The Morgan fingerprint density at radius 1 is 1.04 bits per heavy atom. The summed E-state index contributed by atoms with van der Waals surface area (Å²) in [6, 6.07) is 13.4. The number of nitrogen functional groups attached to an aromatic ring is 1. The molecule has 27 heavy (non-hydrogen) atoms. The van der Waals surface area contributed by atoms with E-state index in [0.717, 1.165) is 17.4 Å². The first-order valence-electron chi connectivity index (χ1n) is 8.96. The van der Waals surface area contributed by atoms with E-state index >= 15 is 0 Å². The summed E-state index contributed by atoms with van der Waals surface area (Å²) in [6.07, 6.45) is 6.84. The maximum atomic E-state index is 10.2. The van der Waals surface area contributed by atoms with Crippen molar-refractivity contribution in [2.75, 3.05) is 12.8 Å². The van der Waals surface area contributed by atoms with Crippen LogP contribution in [0.1, 0.15) is 32.6 Å². The van der Waals surface area contributed by atoms with Crippen LogP contribution in [0.4, 0.5) is 11.4 Å². The molecule has 0 unspecified atom stereocenters. The molecular formula is C21H26N2O4. The maximum absolute atomic E-state index is 10.2. The van der Waals surface area contributed by atoms with Crippen molar-refractivity contribution < 1.29 is 14.4 Å². The Bertz CT molecular complexity index is 745. The van der Waals surface area contributed by atoms with Crippen LogP contribution in [0.15, 0.2) is 60.4 Å². The quantitative estimate of drug-likeness (QED) is 0.339. The lowest BCUT2D eigenvalue weighted by Gasteiger charge is -2.19. The highest BCUT2D eigenvalue weighted by molar-refractivity contribution is 5.41. The number of hydrogen-bond acceptors (Lipinski definition) is 5. The summed E-state index contributed by atoms with van der Waals surface area (Å²) in [6.45, 7) is 2.32. The lowest BCUT2D eigenvalue weighted by Crippen LogP contribution is -2.04. The third kappa shape index (κ3) is 7.01. The van der Waals surface area contributed by atoms with Gasteiger partial charge in [0.1, 0.15) is 11.5 Å². The summed E-state index contributed by atoms with van der Waals surface area (Å²) >= 11 is 0. The number of non-ortho nitro benzene ring substituents is 1. The van der Waals surface area contributed by atoms with Gasteiger partial charge in [-0.05, 0) is 73.6 Å². The molecule has 0 aromatic heterocycles. The third-order valence-electron chi connectivity index (χ3n) is 4.44. The molecule has 0 radical (unpaired) electrons. The van der Waals surface area contributed by atoms with E-state index in [1.54, 1.807) is 12.1 Å². The number of allylic oxidation sites excluding steroid dienone is 1. The lowest BCUT2D eigenvalue weighted by atomic mass is 9.88. The van der Waals surface area contributed by atoms with Gasteiger partial charge in [-0.1, -0.05) is 6.92 Å². The van der Waals surface area contributed by atoms with Gasteiger partial charge in [0, 0.05) is 17.8 Å². The summed E-state index contributed by atoms with van der Waals surface area (Å²) in [7, 11) is 1.52. The number of hydrogen-bond donors (Lipinski definition) is 1. The van der Waals surface area contributed by atoms with Gasteiger partial charge in [0.05, 0.1) is 18.3 Å². The van der Waals surface area contributed by atoms with E-state index in [1.165, 1.54) is 50.5 Å². The molecule has 6 heteroatoms. The molecule has 0 bridgehead atoms. The Labute approximate surface area is 159 Å². The fourth-order valence-electron chi connectivity index (χ4n) is 2.65. The fourth-order valence-corrected chi connectivity index (χ4v) is 2.65. The number of nitrogens with zero attached hydrogens (tertiary/aromatic N) is 1. The van der Waals surface area contributed by atoms with E-state index < -0.39 is 4.92 Å². The monoisotopic (exact) mass is 370 g/mol. The highest BCUT2D eigenvalue weighted by Gasteiger charge is 2.12. The van der Waals surface area contributed by atoms with Gasteiger partial charge in [-0.25, -0.2) is 0 Å². The SMILES string of the molecule is CC1CCC(=COc2ccc(N)cc2)CC1.COc1ccc([N+](=O)[O-])cc1. The van der Waals surface area contributed by atoms with Gasteiger partial charge in [0.2, 0.25) is 0 Å². The smallest absolute Gasteiger partial charge is 0.269 e. The molecule has 0 heterocycles. The zero-order chi connectivity index (χ0) is 19.6. The van der Waals surface area contributed by atoms with Crippen LogP contribution in [-0.4, -0.2) is 12.0 Å². The number of rotatable bonds is 4. The molecule has 2 aromatic rings. The second-order valence-corrected chi connectivity index (χ2v) is 6.60. The first-order chi connectivity index (χ1) is 13.0. The van der Waals surface area contributed by atoms with Crippen molar-refractivity contribution in [3.63, 3.8) is 0 Å². The highest BCUT2D eigenvalue weighted by Crippen LogP contribution is 2.28. The average molecular weight is 370 g/mol. The minimum absolute atomic E-state index is 0.0748. The normalized spacial score (nSPS) is 15.9. The summed E-state index contributed by atoms with van der Waals surface area (Å²) in [4.78, 5) is 9.72. The summed E-state index contributed by atoms with van der Waals surface area (Å²) in [5.41, 5.74) is 7.88. The second-order valence-electron chi connectivity index (χ2n) is 6.60. The molecule has 0 saturated heterocycles. The maximum Gasteiger partial charge on any atom is 0.269 e. The molecule has 0 aliphatic heterocycles. The Morgan fingerprint density at radius 3 is 2.11 bits per heavy atom. The van der Waals surface area contributed by atoms with Crippen LogP contribution in [-0.2, 0) is 0 Å². The van der Waals surface area contributed by atoms with Crippen LogP contribution in [0.3, 0.4) is 0 Å². The van der Waals surface area contributed by atoms with Crippen molar-refractivity contribution in [3.8, 4) is 11.5 Å². The number of benzene rings is 2. The molecule has 1 aliphatic carbocycles. The molecule has 2 N–H and O–H groups in total. The summed E-state index contributed by atoms with van der Waals surface area (Å²) in [5, 5.41) is 10.2. The molecule has 6 nitrogen and oxygen atoms in total. The molecular weight excluding hydrogens is 344 g/mol. The largest absolute Gasteiger partial charge is 0.497 e. The Morgan fingerprint density at radius 2 is 1.59 bits per heavy atom. The van der Waals surface area contributed by atoms with Crippen molar-refractivity contribution in [1.82, 2.24) is 0 Å². The van der Waals surface area contributed by atoms with Crippen LogP contribution in [0.5, 0.6) is 11.5 Å². The van der Waals surface area contributed by atoms with E-state index in [9.17, 15) is 10.1 Å². The summed E-state index contributed by atoms with van der Waals surface area (Å²) in [5.74, 6) is 2.35. The van der Waals surface area contributed by atoms with Crippen molar-refractivity contribution in [3.05, 3.63) is 70.5 Å². The predicted octanol–water partition coefficient (Wildman–Crippen LogP) is 5.35. The van der Waals surface area contributed by atoms with Crippen LogP contribution in [0.25, 0.3) is 0 Å². The minimum Gasteiger partial charge on any atom is -0.497 e. The Kier molecular flexibility index (Phi) is 7.67. The molecule has 1 saturated carbocycles. The number of nitrogens with two attached hydrogens (primary N) is 1. The zero-order valence-corrected chi connectivity index (χ0v) is 15.8. The molecule has 144 valence electrons. The Hall–Kier alpha value is -3.02. The molecule has 2 aromatic carbocycles. The van der Waals surface area contributed by atoms with Crippen molar-refractivity contribution in [1.29, 1.82) is 0 Å². The van der Waals surface area contributed by atoms with Crippen LogP contribution >= 0.6 is 0 Å². The predicted molar refractivity (Wildman–Crippen MR) is 107 cm³/mol. The molecule has 0 spiro atoms. The van der Waals surface area contributed by atoms with E-state index in [4.69, 9.17) is 15.2 Å². The fraction of sp³-hybridized carbons (Fsp3) is 0.333. The van der Waals surface area contributed by atoms with E-state index in [2.05, 4.69) is 6.92 Å². The van der Waals surface area contributed by atoms with Gasteiger partial charge in [0.25, 0.3) is 5.69 Å². The highest BCUT2D eigenvalue weighted by atomic mass is 16.6. The second kappa shape index (κ2) is 10.2. The number of anilines is 1. The van der Waals surface area contributed by atoms with E-state index in [-0.39, 0.29) is 5.69 Å². The van der Waals surface area contributed by atoms with Crippen LogP contribution < -0.4 is 15.2 Å². The first kappa shape index (κ1) is 20.3. The van der Waals surface area contributed by atoms with E-state index in [0.29, 0.717) is 5.75 Å². The van der Waals surface area contributed by atoms with Gasteiger partial charge in [-0.3, -0.25) is 10.1 Å². The van der Waals surface area contributed by atoms with Crippen molar-refractivity contribution in [2.24, 2.45) is 5.92 Å². The lowest BCUT2D eigenvalue weighted by molar-refractivity contribution is -0.384. The van der Waals surface area contributed by atoms with Gasteiger partial charge >= 0.3 is 0 Å². The number of ether oxygens (including phenoxy) is 2. The molecule has 1 fully saturated rings. The van der Waals surface area contributed by atoms with E-state index in [1.807, 2.05) is 30.5 Å². The van der Waals surface area contributed by atoms with Crippen molar-refractivity contribution >= 4 is 11.4 Å². The van der Waals surface area contributed by atoms with Gasteiger partial charge in [-0.15, -0.1) is 0 Å². The molecule has 0 atom stereocenters. The number of methoxy groups -OCH3 is 1. The third-order valence-corrected chi connectivity index (χ3v) is 4.44. The van der Waals surface area contributed by atoms with Gasteiger partial charge < -0.3 is 15.2 Å². The van der Waals surface area contributed by atoms with Crippen molar-refractivity contribution in [2.45, 2.75) is 32.6 Å². The molecule has 3 rings (SSSR count). The summed E-state index contributed by atoms with van der Waals surface area (Å²) < 4.78 is 10.4. The van der Waals surface area contributed by atoms with Crippen LogP contribution in [0, 0.1) is 16.0 Å². The standard InChI is InChI=1S/C14H19NO.C7H7NO3/c1-11-2-4-12(5-3-11)10-16-14-8-6-13(15)7-9-14;1-11-7-4-2-6(3-5-7)8(9)10/h6-11H,2-5,15H2,1H3;2-5H,1H3.